The minimum absolute atomic E-state index is 0.0875. The second kappa shape index (κ2) is 7.79. The van der Waals surface area contributed by atoms with Crippen molar-refractivity contribution in [1.82, 2.24) is 4.90 Å². The van der Waals surface area contributed by atoms with Crippen LogP contribution in [-0.2, 0) is 6.54 Å². The average molecular weight is 352 g/mol. The van der Waals surface area contributed by atoms with Gasteiger partial charge >= 0.3 is 0 Å². The van der Waals surface area contributed by atoms with Crippen LogP contribution in [0.5, 0.6) is 0 Å². The lowest BCUT2D eigenvalue weighted by Gasteiger charge is -2.31. The molecule has 1 saturated heterocycles. The fraction of sp³-hybridized carbons (Fsp3) is 0.381. The SMILES string of the molecule is Cc1ccc(C(=O)C2CCN(Cc3ccc([N+](=O)[O-])cc3)CC2)c(C)c1. The summed E-state index contributed by atoms with van der Waals surface area (Å²) in [5, 5.41) is 10.7. The third kappa shape index (κ3) is 4.17. The number of carbonyl (C=O) groups is 1. The highest BCUT2D eigenvalue weighted by Crippen LogP contribution is 2.25. The Morgan fingerprint density at radius 3 is 2.35 bits per heavy atom. The van der Waals surface area contributed by atoms with Crippen molar-refractivity contribution in [3.63, 3.8) is 0 Å². The number of piperidine rings is 1. The van der Waals surface area contributed by atoms with Gasteiger partial charge in [-0.15, -0.1) is 0 Å². The van der Waals surface area contributed by atoms with Crippen LogP contribution in [0.25, 0.3) is 0 Å². The van der Waals surface area contributed by atoms with Crippen molar-refractivity contribution in [3.8, 4) is 0 Å². The first kappa shape index (κ1) is 18.3. The fourth-order valence-electron chi connectivity index (χ4n) is 3.64. The molecule has 0 atom stereocenters. The van der Waals surface area contributed by atoms with Gasteiger partial charge in [0.2, 0.25) is 0 Å². The van der Waals surface area contributed by atoms with Gasteiger partial charge in [-0.25, -0.2) is 0 Å². The molecule has 26 heavy (non-hydrogen) atoms. The van der Waals surface area contributed by atoms with Gasteiger partial charge in [-0.3, -0.25) is 19.8 Å². The number of non-ortho nitro benzene ring substituents is 1. The van der Waals surface area contributed by atoms with Crippen molar-refractivity contribution < 1.29 is 9.72 Å². The van der Waals surface area contributed by atoms with E-state index in [-0.39, 0.29) is 22.3 Å². The molecule has 5 heteroatoms. The zero-order valence-corrected chi connectivity index (χ0v) is 15.3. The molecule has 0 saturated carbocycles. The molecular formula is C21H24N2O3. The van der Waals surface area contributed by atoms with Crippen LogP contribution in [0.15, 0.2) is 42.5 Å². The van der Waals surface area contributed by atoms with E-state index in [2.05, 4.69) is 11.0 Å². The summed E-state index contributed by atoms with van der Waals surface area (Å²) < 4.78 is 0. The zero-order chi connectivity index (χ0) is 18.7. The smallest absolute Gasteiger partial charge is 0.269 e. The summed E-state index contributed by atoms with van der Waals surface area (Å²) in [4.78, 5) is 25.5. The Hall–Kier alpha value is -2.53. The lowest BCUT2D eigenvalue weighted by Crippen LogP contribution is -2.36. The third-order valence-corrected chi connectivity index (χ3v) is 5.16. The van der Waals surface area contributed by atoms with E-state index in [0.29, 0.717) is 0 Å². The molecule has 1 fully saturated rings. The van der Waals surface area contributed by atoms with E-state index in [9.17, 15) is 14.9 Å². The van der Waals surface area contributed by atoms with Gasteiger partial charge in [-0.1, -0.05) is 35.9 Å². The second-order valence-corrected chi connectivity index (χ2v) is 7.16. The van der Waals surface area contributed by atoms with Gasteiger partial charge in [0.25, 0.3) is 5.69 Å². The van der Waals surface area contributed by atoms with Gasteiger partial charge < -0.3 is 0 Å². The summed E-state index contributed by atoms with van der Waals surface area (Å²) in [6.07, 6.45) is 1.72. The van der Waals surface area contributed by atoms with Gasteiger partial charge in [-0.05, 0) is 50.9 Å². The van der Waals surface area contributed by atoms with Crippen molar-refractivity contribution >= 4 is 11.5 Å². The largest absolute Gasteiger partial charge is 0.299 e. The zero-order valence-electron chi connectivity index (χ0n) is 15.3. The van der Waals surface area contributed by atoms with E-state index >= 15 is 0 Å². The standard InChI is InChI=1S/C21H24N2O3/c1-15-3-8-20(16(2)13-15)21(24)18-9-11-22(12-10-18)14-17-4-6-19(7-5-17)23(25)26/h3-8,13,18H,9-12,14H2,1-2H3. The van der Waals surface area contributed by atoms with Crippen LogP contribution < -0.4 is 0 Å². The highest BCUT2D eigenvalue weighted by Gasteiger charge is 2.26. The molecule has 0 amide bonds. The average Bonchev–Trinajstić information content (AvgIpc) is 2.62. The molecule has 3 rings (SSSR count). The number of hydrogen-bond donors (Lipinski definition) is 0. The molecule has 0 aliphatic carbocycles. The molecule has 2 aromatic carbocycles. The molecule has 0 N–H and O–H groups in total. The Bertz CT molecular complexity index is 807. The number of nitro groups is 1. The first-order chi connectivity index (χ1) is 12.4. The van der Waals surface area contributed by atoms with Crippen LogP contribution in [-0.4, -0.2) is 28.7 Å². The van der Waals surface area contributed by atoms with Crippen molar-refractivity contribution in [2.75, 3.05) is 13.1 Å². The minimum Gasteiger partial charge on any atom is -0.299 e. The first-order valence-electron chi connectivity index (χ1n) is 9.01. The van der Waals surface area contributed by atoms with Crippen molar-refractivity contribution in [1.29, 1.82) is 0 Å². The van der Waals surface area contributed by atoms with Gasteiger partial charge in [0, 0.05) is 30.2 Å². The maximum Gasteiger partial charge on any atom is 0.269 e. The molecular weight excluding hydrogens is 328 g/mol. The van der Waals surface area contributed by atoms with E-state index in [4.69, 9.17) is 0 Å². The number of benzene rings is 2. The van der Waals surface area contributed by atoms with Crippen LogP contribution in [0.1, 0.15) is 39.9 Å². The first-order valence-corrected chi connectivity index (χ1v) is 9.01. The summed E-state index contributed by atoms with van der Waals surface area (Å²) in [6, 6.07) is 12.7. The second-order valence-electron chi connectivity index (χ2n) is 7.16. The number of nitrogens with zero attached hydrogens (tertiary/aromatic N) is 2. The number of Topliss-reactive ketones (excluding diaryl/α,β-unsaturated/α-hetero) is 1. The Morgan fingerprint density at radius 2 is 1.77 bits per heavy atom. The predicted molar refractivity (Wildman–Crippen MR) is 101 cm³/mol. The summed E-state index contributed by atoms with van der Waals surface area (Å²) in [5.41, 5.74) is 4.27. The molecule has 2 aromatic rings. The summed E-state index contributed by atoms with van der Waals surface area (Å²) in [6.45, 7) is 6.56. The molecule has 1 heterocycles. The van der Waals surface area contributed by atoms with E-state index in [1.807, 2.05) is 38.1 Å². The molecule has 0 radical (unpaired) electrons. The van der Waals surface area contributed by atoms with Crippen LogP contribution in [0.3, 0.4) is 0 Å². The highest BCUT2D eigenvalue weighted by atomic mass is 16.6. The number of hydrogen-bond acceptors (Lipinski definition) is 4. The van der Waals surface area contributed by atoms with Crippen molar-refractivity contribution in [3.05, 3.63) is 74.8 Å². The number of nitro benzene ring substituents is 1. The predicted octanol–water partition coefficient (Wildman–Crippen LogP) is 4.31. The third-order valence-electron chi connectivity index (χ3n) is 5.16. The molecule has 0 unspecified atom stereocenters. The fourth-order valence-corrected chi connectivity index (χ4v) is 3.64. The topological polar surface area (TPSA) is 63.5 Å². The van der Waals surface area contributed by atoms with E-state index in [1.165, 1.54) is 5.56 Å². The van der Waals surface area contributed by atoms with E-state index in [1.54, 1.807) is 12.1 Å². The summed E-state index contributed by atoms with van der Waals surface area (Å²) in [7, 11) is 0. The number of rotatable bonds is 5. The highest BCUT2D eigenvalue weighted by molar-refractivity contribution is 5.99. The molecule has 0 aromatic heterocycles. The van der Waals surface area contributed by atoms with Gasteiger partial charge in [0.1, 0.15) is 0 Å². The number of ketones is 1. The van der Waals surface area contributed by atoms with Crippen LogP contribution in [0, 0.1) is 29.9 Å². The maximum absolute atomic E-state index is 12.8. The maximum atomic E-state index is 12.8. The number of likely N-dealkylation sites (tertiary alicyclic amines) is 1. The van der Waals surface area contributed by atoms with Gasteiger partial charge in [-0.2, -0.15) is 0 Å². The lowest BCUT2D eigenvalue weighted by molar-refractivity contribution is -0.384. The Balaban J connectivity index is 1.57. The molecule has 1 aliphatic rings. The quantitative estimate of drug-likeness (QED) is 0.457. The van der Waals surface area contributed by atoms with Gasteiger partial charge in [0.05, 0.1) is 4.92 Å². The van der Waals surface area contributed by atoms with Crippen LogP contribution in [0.4, 0.5) is 5.69 Å². The van der Waals surface area contributed by atoms with Crippen molar-refractivity contribution in [2.45, 2.75) is 33.2 Å². The van der Waals surface area contributed by atoms with Crippen LogP contribution in [0.2, 0.25) is 0 Å². The van der Waals surface area contributed by atoms with Gasteiger partial charge in [0.15, 0.2) is 5.78 Å². The molecule has 1 aliphatic heterocycles. The van der Waals surface area contributed by atoms with E-state index < -0.39 is 0 Å². The Labute approximate surface area is 153 Å². The number of carbonyl (C=O) groups excluding carboxylic acids is 1. The Morgan fingerprint density at radius 1 is 1.12 bits per heavy atom. The monoisotopic (exact) mass is 352 g/mol. The summed E-state index contributed by atoms with van der Waals surface area (Å²) in [5.74, 6) is 0.349. The molecule has 0 bridgehead atoms. The summed E-state index contributed by atoms with van der Waals surface area (Å²) >= 11 is 0. The lowest BCUT2D eigenvalue weighted by atomic mass is 9.87. The van der Waals surface area contributed by atoms with E-state index in [0.717, 1.165) is 49.2 Å². The van der Waals surface area contributed by atoms with Crippen LogP contribution >= 0.6 is 0 Å². The minimum atomic E-state index is -0.381. The normalized spacial score (nSPS) is 15.8. The number of aryl methyl sites for hydroxylation is 2. The molecule has 136 valence electrons. The van der Waals surface area contributed by atoms with Crippen molar-refractivity contribution in [2.24, 2.45) is 5.92 Å². The Kier molecular flexibility index (Phi) is 5.47. The molecule has 5 nitrogen and oxygen atoms in total. The molecule has 0 spiro atoms.